The molecule has 0 spiro atoms. The first-order chi connectivity index (χ1) is 23.3. The highest BCUT2D eigenvalue weighted by Crippen LogP contribution is 2.45. The van der Waals surface area contributed by atoms with Gasteiger partial charge >= 0.3 is 7.75 Å². The van der Waals surface area contributed by atoms with Gasteiger partial charge in [0.1, 0.15) is 17.0 Å². The van der Waals surface area contributed by atoms with E-state index in [1.54, 1.807) is 31.4 Å². The van der Waals surface area contributed by atoms with Gasteiger partial charge in [0, 0.05) is 41.7 Å². The molecule has 0 radical (unpaired) electrons. The van der Waals surface area contributed by atoms with Gasteiger partial charge in [-0.1, -0.05) is 68.3 Å². The second-order valence-corrected chi connectivity index (χ2v) is 13.4. The van der Waals surface area contributed by atoms with Crippen molar-refractivity contribution in [3.05, 3.63) is 100 Å². The average molecular weight is 692 g/mol. The molecule has 2 heterocycles. The summed E-state index contributed by atoms with van der Waals surface area (Å²) in [5.41, 5.74) is 3.24. The van der Waals surface area contributed by atoms with Gasteiger partial charge in [-0.2, -0.15) is 0 Å². The molecule has 3 aromatic carbocycles. The van der Waals surface area contributed by atoms with Gasteiger partial charge in [0.15, 0.2) is 0 Å². The largest absolute Gasteiger partial charge is 0.512 e. The number of hydrogen-bond acceptors (Lipinski definition) is 9. The van der Waals surface area contributed by atoms with Gasteiger partial charge in [0.2, 0.25) is 5.88 Å². The summed E-state index contributed by atoms with van der Waals surface area (Å²) in [6, 6.07) is 23.6. The third kappa shape index (κ3) is 9.79. The molecule has 0 saturated carbocycles. The predicted octanol–water partition coefficient (Wildman–Crippen LogP) is 9.74. The van der Waals surface area contributed by atoms with Crippen LogP contribution in [-0.2, 0) is 4.57 Å². The Labute approximate surface area is 284 Å². The Balaban J connectivity index is 1.02. The SMILES string of the molecule is COc1ccc2nc3cc(Cl)ccc3c(NCCCCCCCCCCNP(=O)(Oc3ccccc3)Oc3ccc([N+](=O)[O-])cc3)c2n1. The molecule has 2 N–H and O–H groups in total. The quantitative estimate of drug-likeness (QED) is 0.0283. The number of unbranched alkanes of at least 4 members (excludes halogenated alkanes) is 7. The minimum Gasteiger partial charge on any atom is -0.481 e. The fraction of sp³-hybridized carbons (Fsp3) is 0.314. The highest BCUT2D eigenvalue weighted by atomic mass is 35.5. The maximum absolute atomic E-state index is 13.6. The lowest BCUT2D eigenvalue weighted by atomic mass is 10.1. The standard InChI is InChI=1S/C35H39ClN5O6P/c1-45-33-22-21-31-35(40-33)34(30-20-15-26(36)25-32(30)39-31)37-23-11-6-4-2-3-5-7-12-24-38-48(44,46-28-13-9-8-10-14-28)47-29-18-16-27(17-19-29)41(42)43/h8-10,13-22,25H,2-7,11-12,23-24H2,1H3,(H,37,39)(H,38,44). The molecule has 0 amide bonds. The number of pyridine rings is 2. The maximum atomic E-state index is 13.6. The number of para-hydroxylation sites is 1. The molecule has 0 aliphatic heterocycles. The summed E-state index contributed by atoms with van der Waals surface area (Å²) in [5, 5.41) is 19.1. The van der Waals surface area contributed by atoms with Crippen molar-refractivity contribution in [2.24, 2.45) is 0 Å². The molecule has 0 aliphatic carbocycles. The lowest BCUT2D eigenvalue weighted by molar-refractivity contribution is -0.384. The van der Waals surface area contributed by atoms with Gasteiger partial charge < -0.3 is 19.1 Å². The summed E-state index contributed by atoms with van der Waals surface area (Å²) in [6.07, 6.45) is 8.38. The van der Waals surface area contributed by atoms with Gasteiger partial charge in [-0.3, -0.25) is 10.1 Å². The van der Waals surface area contributed by atoms with Crippen LogP contribution in [0.3, 0.4) is 0 Å². The molecule has 0 aliphatic rings. The summed E-state index contributed by atoms with van der Waals surface area (Å²) < 4.78 is 30.4. The highest BCUT2D eigenvalue weighted by molar-refractivity contribution is 7.52. The van der Waals surface area contributed by atoms with Crippen molar-refractivity contribution in [2.75, 3.05) is 25.5 Å². The molecule has 11 nitrogen and oxygen atoms in total. The molecule has 48 heavy (non-hydrogen) atoms. The summed E-state index contributed by atoms with van der Waals surface area (Å²) in [6.45, 7) is 1.25. The number of aromatic nitrogens is 2. The fourth-order valence-corrected chi connectivity index (χ4v) is 6.84. The summed E-state index contributed by atoms with van der Waals surface area (Å²) in [4.78, 5) is 19.9. The molecular formula is C35H39ClN5O6P. The van der Waals surface area contributed by atoms with Crippen LogP contribution in [-0.4, -0.2) is 35.1 Å². The molecular weight excluding hydrogens is 653 g/mol. The number of benzene rings is 3. The first-order valence-corrected chi connectivity index (χ1v) is 18.0. The monoisotopic (exact) mass is 691 g/mol. The Morgan fingerprint density at radius 3 is 2.08 bits per heavy atom. The first kappa shape index (κ1) is 34.9. The molecule has 5 rings (SSSR count). The molecule has 1 unspecified atom stereocenters. The van der Waals surface area contributed by atoms with Crippen molar-refractivity contribution in [1.82, 2.24) is 15.1 Å². The molecule has 1 atom stereocenters. The van der Waals surface area contributed by atoms with E-state index in [1.807, 2.05) is 36.4 Å². The highest BCUT2D eigenvalue weighted by Gasteiger charge is 2.28. The van der Waals surface area contributed by atoms with Crippen LogP contribution in [0.25, 0.3) is 21.9 Å². The predicted molar refractivity (Wildman–Crippen MR) is 190 cm³/mol. The van der Waals surface area contributed by atoms with Crippen LogP contribution < -0.4 is 24.2 Å². The van der Waals surface area contributed by atoms with Crippen LogP contribution in [0.15, 0.2) is 84.9 Å². The zero-order valence-corrected chi connectivity index (χ0v) is 28.4. The Hall–Kier alpha value is -4.44. The molecule has 252 valence electrons. The average Bonchev–Trinajstić information content (AvgIpc) is 3.08. The number of non-ortho nitro benzene ring substituents is 1. The molecule has 0 fully saturated rings. The van der Waals surface area contributed by atoms with Crippen molar-refractivity contribution < 1.29 is 23.3 Å². The Kier molecular flexibility index (Phi) is 12.4. The van der Waals surface area contributed by atoms with Crippen LogP contribution in [0, 0.1) is 10.1 Å². The van der Waals surface area contributed by atoms with Crippen LogP contribution in [0.4, 0.5) is 11.4 Å². The Morgan fingerprint density at radius 1 is 0.771 bits per heavy atom. The number of rotatable bonds is 19. The van der Waals surface area contributed by atoms with Gasteiger partial charge in [-0.25, -0.2) is 19.6 Å². The number of anilines is 1. The van der Waals surface area contributed by atoms with Crippen LogP contribution in [0.2, 0.25) is 5.02 Å². The minimum absolute atomic E-state index is 0.0803. The number of hydrogen-bond donors (Lipinski definition) is 2. The topological polar surface area (TPSA) is 138 Å². The summed E-state index contributed by atoms with van der Waals surface area (Å²) in [7, 11) is -2.18. The molecule has 2 aromatic heterocycles. The van der Waals surface area contributed by atoms with E-state index in [9.17, 15) is 14.7 Å². The van der Waals surface area contributed by atoms with Crippen molar-refractivity contribution in [1.29, 1.82) is 0 Å². The van der Waals surface area contributed by atoms with Crippen LogP contribution >= 0.6 is 19.3 Å². The van der Waals surface area contributed by atoms with Crippen molar-refractivity contribution >= 4 is 52.7 Å². The number of nitrogens with one attached hydrogen (secondary N) is 2. The van der Waals surface area contributed by atoms with E-state index >= 15 is 0 Å². The third-order valence-corrected chi connectivity index (χ3v) is 9.47. The lowest BCUT2D eigenvalue weighted by Gasteiger charge is -2.20. The van der Waals surface area contributed by atoms with Gasteiger partial charge in [-0.05, 0) is 61.4 Å². The van der Waals surface area contributed by atoms with Crippen LogP contribution in [0.1, 0.15) is 51.4 Å². The number of ether oxygens (including phenoxy) is 1. The van der Waals surface area contributed by atoms with E-state index in [0.717, 1.165) is 85.5 Å². The van der Waals surface area contributed by atoms with Gasteiger partial charge in [0.05, 0.1) is 28.8 Å². The van der Waals surface area contributed by atoms with E-state index in [2.05, 4.69) is 15.4 Å². The number of nitro groups is 1. The maximum Gasteiger partial charge on any atom is 0.512 e. The van der Waals surface area contributed by atoms with Gasteiger partial charge in [0.25, 0.3) is 5.69 Å². The zero-order valence-electron chi connectivity index (χ0n) is 26.8. The van der Waals surface area contributed by atoms with E-state index in [1.165, 1.54) is 24.3 Å². The summed E-state index contributed by atoms with van der Waals surface area (Å²) >= 11 is 6.24. The van der Waals surface area contributed by atoms with E-state index in [4.69, 9.17) is 30.4 Å². The second-order valence-electron chi connectivity index (χ2n) is 11.3. The van der Waals surface area contributed by atoms with E-state index in [0.29, 0.717) is 23.2 Å². The number of nitro benzene ring substituents is 1. The zero-order chi connectivity index (χ0) is 33.8. The Bertz CT molecular complexity index is 1860. The molecule has 0 saturated heterocycles. The smallest absolute Gasteiger partial charge is 0.481 e. The third-order valence-electron chi connectivity index (χ3n) is 7.72. The fourth-order valence-electron chi connectivity index (χ4n) is 5.28. The van der Waals surface area contributed by atoms with Crippen molar-refractivity contribution in [3.8, 4) is 17.4 Å². The van der Waals surface area contributed by atoms with Crippen LogP contribution in [0.5, 0.6) is 17.4 Å². The normalized spacial score (nSPS) is 12.5. The molecule has 13 heteroatoms. The second kappa shape index (κ2) is 17.1. The first-order valence-electron chi connectivity index (χ1n) is 16.1. The van der Waals surface area contributed by atoms with Gasteiger partial charge in [-0.15, -0.1) is 0 Å². The van der Waals surface area contributed by atoms with E-state index < -0.39 is 12.7 Å². The lowest BCUT2D eigenvalue weighted by Crippen LogP contribution is -2.20. The number of halogens is 1. The molecule has 0 bridgehead atoms. The number of nitrogens with zero attached hydrogens (tertiary/aromatic N) is 3. The minimum atomic E-state index is -3.78. The van der Waals surface area contributed by atoms with Crippen molar-refractivity contribution in [2.45, 2.75) is 51.4 Å². The van der Waals surface area contributed by atoms with Crippen molar-refractivity contribution in [3.63, 3.8) is 0 Å². The molecule has 5 aromatic rings. The van der Waals surface area contributed by atoms with E-state index in [-0.39, 0.29) is 11.4 Å². The number of fused-ring (bicyclic) bond motifs is 2. The summed E-state index contributed by atoms with van der Waals surface area (Å²) in [5.74, 6) is 1.16. The Morgan fingerprint density at radius 2 is 1.42 bits per heavy atom. The number of methoxy groups -OCH3 is 1.